The molecule has 26 heavy (non-hydrogen) atoms. The van der Waals surface area contributed by atoms with Crippen molar-refractivity contribution in [3.8, 4) is 0 Å². The number of carbonyl (C=O) groups is 2. The van der Waals surface area contributed by atoms with E-state index < -0.39 is 16.4 Å². The molecule has 1 aromatic rings. The van der Waals surface area contributed by atoms with Gasteiger partial charge in [0, 0.05) is 23.5 Å². The molecule has 1 amide bonds. The number of nitro benzene ring substituents is 1. The van der Waals surface area contributed by atoms with Crippen molar-refractivity contribution in [1.29, 1.82) is 0 Å². The Bertz CT molecular complexity index is 761. The van der Waals surface area contributed by atoms with Gasteiger partial charge in [0.05, 0.1) is 12.0 Å². The van der Waals surface area contributed by atoms with Gasteiger partial charge in [0.15, 0.2) is 0 Å². The van der Waals surface area contributed by atoms with Gasteiger partial charge in [-0.2, -0.15) is 0 Å². The zero-order valence-corrected chi connectivity index (χ0v) is 15.5. The summed E-state index contributed by atoms with van der Waals surface area (Å²) in [6.07, 6.45) is 3.79. The Hall–Kier alpha value is -2.61. The molecule has 2 rings (SSSR count). The molecule has 0 spiro atoms. The van der Waals surface area contributed by atoms with Crippen LogP contribution in [0.25, 0.3) is 0 Å². The Labute approximate surface area is 156 Å². The second kappa shape index (κ2) is 7.74. The van der Waals surface area contributed by atoms with Gasteiger partial charge >= 0.3 is 5.97 Å². The van der Waals surface area contributed by atoms with Gasteiger partial charge in [-0.05, 0) is 25.0 Å². The summed E-state index contributed by atoms with van der Waals surface area (Å²) in [6, 6.07) is 4.32. The number of hydrogen-bond acceptors (Lipinski definition) is 6. The van der Waals surface area contributed by atoms with Crippen LogP contribution >= 0.6 is 11.6 Å². The molecular formula is C17H20ClN3O5. The molecule has 1 heterocycles. The fourth-order valence-corrected chi connectivity index (χ4v) is 3.27. The number of anilines is 1. The quantitative estimate of drug-likeness (QED) is 0.427. The number of esters is 1. The van der Waals surface area contributed by atoms with Crippen molar-refractivity contribution in [2.45, 2.75) is 32.2 Å². The van der Waals surface area contributed by atoms with Crippen LogP contribution in [0.4, 0.5) is 11.4 Å². The van der Waals surface area contributed by atoms with E-state index in [0.717, 1.165) is 0 Å². The molecule has 0 radical (unpaired) electrons. The van der Waals surface area contributed by atoms with Crippen molar-refractivity contribution in [1.82, 2.24) is 4.90 Å². The maximum absolute atomic E-state index is 13.1. The van der Waals surface area contributed by atoms with Crippen molar-refractivity contribution in [3.05, 3.63) is 45.7 Å². The first-order valence-electron chi connectivity index (χ1n) is 8.10. The minimum absolute atomic E-state index is 0.192. The molecule has 8 nitrogen and oxygen atoms in total. The molecule has 0 saturated heterocycles. The predicted molar refractivity (Wildman–Crippen MR) is 96.8 cm³/mol. The molecule has 1 aromatic carbocycles. The first kappa shape index (κ1) is 19.7. The van der Waals surface area contributed by atoms with E-state index in [1.54, 1.807) is 17.2 Å². The number of nitro groups is 1. The van der Waals surface area contributed by atoms with E-state index in [1.165, 1.54) is 30.3 Å². The van der Waals surface area contributed by atoms with E-state index in [1.807, 2.05) is 13.8 Å². The lowest BCUT2D eigenvalue weighted by molar-refractivity contribution is -0.384. The molecule has 0 unspecified atom stereocenters. The second-order valence-corrected chi connectivity index (χ2v) is 6.24. The number of ether oxygens (including phenoxy) is 1. The molecule has 0 atom stereocenters. The molecule has 0 N–H and O–H groups in total. The number of carbonyl (C=O) groups excluding carboxylic acids is 2. The number of methoxy groups -OCH3 is 1. The largest absolute Gasteiger partial charge is 0.468 e. The zero-order valence-electron chi connectivity index (χ0n) is 14.8. The highest BCUT2D eigenvalue weighted by Gasteiger charge is 2.47. The van der Waals surface area contributed by atoms with Crippen LogP contribution in [0.15, 0.2) is 30.6 Å². The number of halogens is 1. The molecule has 0 fully saturated rings. The van der Waals surface area contributed by atoms with Crippen molar-refractivity contribution in [2.75, 3.05) is 18.6 Å². The lowest BCUT2D eigenvalue weighted by atomic mass is 9.87. The van der Waals surface area contributed by atoms with E-state index in [4.69, 9.17) is 11.6 Å². The SMILES string of the molecule is CCC1(CC)C(=O)N(CC(=O)OC)C=CN1c1ccc(Cl)cc1[N+](=O)[O-]. The summed E-state index contributed by atoms with van der Waals surface area (Å²) in [5.41, 5.74) is -0.977. The monoisotopic (exact) mass is 381 g/mol. The Kier molecular flexibility index (Phi) is 5.86. The number of benzene rings is 1. The summed E-state index contributed by atoms with van der Waals surface area (Å²) in [7, 11) is 1.25. The van der Waals surface area contributed by atoms with Crippen LogP contribution < -0.4 is 4.90 Å². The van der Waals surface area contributed by atoms with Gasteiger partial charge in [0.25, 0.3) is 11.6 Å². The third-order valence-electron chi connectivity index (χ3n) is 4.61. The number of amides is 1. The highest BCUT2D eigenvalue weighted by atomic mass is 35.5. The Morgan fingerprint density at radius 2 is 1.96 bits per heavy atom. The minimum Gasteiger partial charge on any atom is -0.468 e. The van der Waals surface area contributed by atoms with Crippen molar-refractivity contribution < 1.29 is 19.2 Å². The Balaban J connectivity index is 2.58. The lowest BCUT2D eigenvalue weighted by Gasteiger charge is -2.45. The van der Waals surface area contributed by atoms with Crippen LogP contribution in [0.3, 0.4) is 0 Å². The molecule has 1 aliphatic rings. The smallest absolute Gasteiger partial charge is 0.325 e. The Morgan fingerprint density at radius 3 is 2.50 bits per heavy atom. The highest BCUT2D eigenvalue weighted by molar-refractivity contribution is 6.31. The van der Waals surface area contributed by atoms with Gasteiger partial charge in [-0.25, -0.2) is 0 Å². The molecule has 0 saturated carbocycles. The van der Waals surface area contributed by atoms with Crippen molar-refractivity contribution in [3.63, 3.8) is 0 Å². The third-order valence-corrected chi connectivity index (χ3v) is 4.84. The second-order valence-electron chi connectivity index (χ2n) is 5.81. The first-order chi connectivity index (χ1) is 12.3. The number of rotatable bonds is 6. The van der Waals surface area contributed by atoms with E-state index >= 15 is 0 Å². The molecule has 1 aliphatic heterocycles. The van der Waals surface area contributed by atoms with Gasteiger partial charge < -0.3 is 14.5 Å². The molecule has 9 heteroatoms. The lowest BCUT2D eigenvalue weighted by Crippen LogP contribution is -2.60. The summed E-state index contributed by atoms with van der Waals surface area (Å²) in [5.74, 6) is -0.866. The first-order valence-corrected chi connectivity index (χ1v) is 8.48. The standard InChI is InChI=1S/C17H20ClN3O5/c1-4-17(5-2)16(23)19(11-15(22)26-3)8-9-20(17)13-7-6-12(18)10-14(13)21(24)25/h6-10H,4-5,11H2,1-3H3. The molecule has 0 aromatic heterocycles. The van der Waals surface area contributed by atoms with Crippen LogP contribution in [-0.2, 0) is 14.3 Å². The van der Waals surface area contributed by atoms with Crippen LogP contribution in [0.2, 0.25) is 5.02 Å². The number of nitrogens with zero attached hydrogens (tertiary/aromatic N) is 3. The van der Waals surface area contributed by atoms with Crippen LogP contribution in [0.1, 0.15) is 26.7 Å². The van der Waals surface area contributed by atoms with Crippen LogP contribution in [0.5, 0.6) is 0 Å². The Morgan fingerprint density at radius 1 is 1.31 bits per heavy atom. The van der Waals surface area contributed by atoms with Gasteiger partial charge in [0.2, 0.25) is 0 Å². The normalized spacial score (nSPS) is 15.9. The average Bonchev–Trinajstić information content (AvgIpc) is 2.63. The van der Waals surface area contributed by atoms with Crippen molar-refractivity contribution >= 4 is 34.9 Å². The zero-order chi connectivity index (χ0) is 19.5. The maximum atomic E-state index is 13.1. The summed E-state index contributed by atoms with van der Waals surface area (Å²) in [5, 5.41) is 11.7. The van der Waals surface area contributed by atoms with E-state index in [-0.39, 0.29) is 28.8 Å². The number of hydrogen-bond donors (Lipinski definition) is 0. The molecule has 140 valence electrons. The predicted octanol–water partition coefficient (Wildman–Crippen LogP) is 3.10. The fourth-order valence-electron chi connectivity index (χ4n) is 3.11. The summed E-state index contributed by atoms with van der Waals surface area (Å²) >= 11 is 5.90. The van der Waals surface area contributed by atoms with Crippen LogP contribution in [0, 0.1) is 10.1 Å². The fraction of sp³-hybridized carbons (Fsp3) is 0.412. The minimum atomic E-state index is -1.05. The van der Waals surface area contributed by atoms with E-state index in [2.05, 4.69) is 4.74 Å². The van der Waals surface area contributed by atoms with E-state index in [0.29, 0.717) is 12.8 Å². The van der Waals surface area contributed by atoms with Gasteiger partial charge in [0.1, 0.15) is 17.8 Å². The molecule has 0 aliphatic carbocycles. The highest BCUT2D eigenvalue weighted by Crippen LogP contribution is 2.40. The topological polar surface area (TPSA) is 93.0 Å². The van der Waals surface area contributed by atoms with Gasteiger partial charge in [-0.1, -0.05) is 25.4 Å². The van der Waals surface area contributed by atoms with Gasteiger partial charge in [-0.3, -0.25) is 19.7 Å². The summed E-state index contributed by atoms with van der Waals surface area (Å²) < 4.78 is 4.63. The third kappa shape index (κ3) is 3.37. The summed E-state index contributed by atoms with van der Waals surface area (Å²) in [6.45, 7) is 3.43. The van der Waals surface area contributed by atoms with Gasteiger partial charge in [-0.15, -0.1) is 0 Å². The van der Waals surface area contributed by atoms with Crippen molar-refractivity contribution in [2.24, 2.45) is 0 Å². The summed E-state index contributed by atoms with van der Waals surface area (Å²) in [4.78, 5) is 38.5. The van der Waals surface area contributed by atoms with Crippen LogP contribution in [-0.4, -0.2) is 40.9 Å². The molecule has 0 bridgehead atoms. The average molecular weight is 382 g/mol. The maximum Gasteiger partial charge on any atom is 0.325 e. The van der Waals surface area contributed by atoms with E-state index in [9.17, 15) is 19.7 Å². The molecular weight excluding hydrogens is 362 g/mol.